The molecule has 1 N–H and O–H groups in total. The van der Waals surface area contributed by atoms with Crippen LogP contribution in [0.4, 0.5) is 5.82 Å². The van der Waals surface area contributed by atoms with Crippen LogP contribution in [0.25, 0.3) is 11.4 Å². The zero-order valence-corrected chi connectivity index (χ0v) is 18.5. The van der Waals surface area contributed by atoms with Gasteiger partial charge in [0.15, 0.2) is 5.82 Å². The molecular weight excluding hydrogens is 404 g/mol. The van der Waals surface area contributed by atoms with Gasteiger partial charge >= 0.3 is 0 Å². The fourth-order valence-electron chi connectivity index (χ4n) is 3.71. The molecule has 0 aliphatic carbocycles. The van der Waals surface area contributed by atoms with Gasteiger partial charge < -0.3 is 19.9 Å². The number of nitrogens with one attached hydrogen (secondary N) is 1. The largest absolute Gasteiger partial charge is 0.497 e. The number of carbonyl (C=O) groups is 1. The lowest BCUT2D eigenvalue weighted by atomic mass is 10.1. The molecule has 0 bridgehead atoms. The summed E-state index contributed by atoms with van der Waals surface area (Å²) in [7, 11) is 1.64. The molecule has 0 atom stereocenters. The Labute approximate surface area is 188 Å². The first kappa shape index (κ1) is 21.7. The minimum absolute atomic E-state index is 0.192. The number of nitrogens with zero attached hydrogens (tertiary/aromatic N) is 5. The van der Waals surface area contributed by atoms with Crippen LogP contribution in [-0.4, -0.2) is 65.6 Å². The lowest BCUT2D eigenvalue weighted by Crippen LogP contribution is -2.47. The fourth-order valence-corrected chi connectivity index (χ4v) is 3.71. The van der Waals surface area contributed by atoms with E-state index in [1.807, 2.05) is 36.4 Å². The first-order valence-electron chi connectivity index (χ1n) is 10.8. The first-order valence-corrected chi connectivity index (χ1v) is 10.8. The molecule has 1 amide bonds. The van der Waals surface area contributed by atoms with Crippen molar-refractivity contribution in [1.82, 2.24) is 25.2 Å². The quantitative estimate of drug-likeness (QED) is 0.614. The second-order valence-electron chi connectivity index (χ2n) is 7.62. The molecule has 1 aromatic carbocycles. The molecule has 8 nitrogen and oxygen atoms in total. The van der Waals surface area contributed by atoms with Gasteiger partial charge in [-0.1, -0.05) is 13.0 Å². The number of amides is 1. The molecule has 0 radical (unpaired) electrons. The predicted molar refractivity (Wildman–Crippen MR) is 124 cm³/mol. The van der Waals surface area contributed by atoms with E-state index in [0.29, 0.717) is 23.8 Å². The normalized spacial score (nSPS) is 14.2. The number of anilines is 1. The van der Waals surface area contributed by atoms with Crippen molar-refractivity contribution >= 4 is 11.7 Å². The predicted octanol–water partition coefficient (Wildman–Crippen LogP) is 2.62. The van der Waals surface area contributed by atoms with Gasteiger partial charge in [-0.3, -0.25) is 9.78 Å². The summed E-state index contributed by atoms with van der Waals surface area (Å²) in [6.07, 6.45) is 5.09. The highest BCUT2D eigenvalue weighted by molar-refractivity contribution is 5.98. The molecule has 3 heterocycles. The summed E-state index contributed by atoms with van der Waals surface area (Å²) in [6.45, 7) is 7.10. The Morgan fingerprint density at radius 3 is 2.53 bits per heavy atom. The van der Waals surface area contributed by atoms with E-state index in [1.54, 1.807) is 25.7 Å². The van der Waals surface area contributed by atoms with Gasteiger partial charge in [-0.2, -0.15) is 0 Å². The van der Waals surface area contributed by atoms with E-state index < -0.39 is 0 Å². The Morgan fingerprint density at radius 2 is 1.88 bits per heavy atom. The zero-order valence-electron chi connectivity index (χ0n) is 18.5. The van der Waals surface area contributed by atoms with Crippen molar-refractivity contribution < 1.29 is 9.53 Å². The smallest absolute Gasteiger partial charge is 0.256 e. The number of methoxy groups -OCH3 is 1. The second-order valence-corrected chi connectivity index (χ2v) is 7.62. The Balaban J connectivity index is 1.61. The number of hydrogen-bond donors (Lipinski definition) is 1. The SMILES string of the molecule is CCN1CCN(c2nc(-c3ccc(OC)cc3)ncc2C(=O)NCc2cccnc2)CC1. The van der Waals surface area contributed by atoms with Crippen LogP contribution >= 0.6 is 0 Å². The van der Waals surface area contributed by atoms with Crippen LogP contribution in [0.5, 0.6) is 5.75 Å². The Kier molecular flexibility index (Phi) is 6.91. The van der Waals surface area contributed by atoms with Crippen LogP contribution in [-0.2, 0) is 6.54 Å². The highest BCUT2D eigenvalue weighted by atomic mass is 16.5. The molecule has 1 fully saturated rings. The van der Waals surface area contributed by atoms with Gasteiger partial charge in [0, 0.05) is 56.9 Å². The zero-order chi connectivity index (χ0) is 22.3. The number of aromatic nitrogens is 3. The molecule has 166 valence electrons. The maximum atomic E-state index is 13.1. The van der Waals surface area contributed by atoms with Crippen LogP contribution in [0.3, 0.4) is 0 Å². The summed E-state index contributed by atoms with van der Waals surface area (Å²) in [4.78, 5) is 31.1. The van der Waals surface area contributed by atoms with Crippen molar-refractivity contribution in [3.8, 4) is 17.1 Å². The fraction of sp³-hybridized carbons (Fsp3) is 0.333. The van der Waals surface area contributed by atoms with E-state index in [4.69, 9.17) is 9.72 Å². The number of piperazine rings is 1. The topological polar surface area (TPSA) is 83.5 Å². The van der Waals surface area contributed by atoms with Crippen molar-refractivity contribution in [1.29, 1.82) is 0 Å². The van der Waals surface area contributed by atoms with Crippen LogP contribution in [0, 0.1) is 0 Å². The molecule has 2 aromatic heterocycles. The van der Waals surface area contributed by atoms with Gasteiger partial charge in [-0.05, 0) is 42.4 Å². The van der Waals surface area contributed by atoms with Crippen molar-refractivity contribution in [2.75, 3.05) is 44.7 Å². The Hall–Kier alpha value is -3.52. The van der Waals surface area contributed by atoms with Crippen molar-refractivity contribution in [2.24, 2.45) is 0 Å². The molecule has 0 saturated carbocycles. The van der Waals surface area contributed by atoms with Crippen molar-refractivity contribution in [3.05, 3.63) is 66.1 Å². The maximum absolute atomic E-state index is 13.1. The third kappa shape index (κ3) is 5.03. The average Bonchev–Trinajstić information content (AvgIpc) is 2.87. The van der Waals surface area contributed by atoms with E-state index in [0.717, 1.165) is 49.6 Å². The number of ether oxygens (including phenoxy) is 1. The van der Waals surface area contributed by atoms with Crippen molar-refractivity contribution in [2.45, 2.75) is 13.5 Å². The highest BCUT2D eigenvalue weighted by Crippen LogP contribution is 2.25. The molecule has 4 rings (SSSR count). The van der Waals surface area contributed by atoms with E-state index in [-0.39, 0.29) is 5.91 Å². The molecule has 0 spiro atoms. The lowest BCUT2D eigenvalue weighted by molar-refractivity contribution is 0.0950. The minimum Gasteiger partial charge on any atom is -0.497 e. The molecule has 1 saturated heterocycles. The molecule has 32 heavy (non-hydrogen) atoms. The summed E-state index contributed by atoms with van der Waals surface area (Å²) in [5, 5.41) is 2.98. The average molecular weight is 433 g/mol. The monoisotopic (exact) mass is 432 g/mol. The van der Waals surface area contributed by atoms with Crippen LogP contribution in [0.15, 0.2) is 55.0 Å². The van der Waals surface area contributed by atoms with Crippen LogP contribution in [0.2, 0.25) is 0 Å². The third-order valence-corrected chi connectivity index (χ3v) is 5.66. The first-order chi connectivity index (χ1) is 15.7. The van der Waals surface area contributed by atoms with Gasteiger partial charge in [0.05, 0.1) is 7.11 Å². The Bertz CT molecular complexity index is 1030. The maximum Gasteiger partial charge on any atom is 0.256 e. The second kappa shape index (κ2) is 10.2. The van der Waals surface area contributed by atoms with Crippen LogP contribution in [0.1, 0.15) is 22.8 Å². The van der Waals surface area contributed by atoms with Crippen LogP contribution < -0.4 is 15.0 Å². The highest BCUT2D eigenvalue weighted by Gasteiger charge is 2.24. The number of hydrogen-bond acceptors (Lipinski definition) is 7. The number of likely N-dealkylation sites (N-methyl/N-ethyl adjacent to an activating group) is 1. The van der Waals surface area contributed by atoms with Gasteiger partial charge in [-0.15, -0.1) is 0 Å². The molecule has 3 aromatic rings. The molecule has 1 aliphatic rings. The number of benzene rings is 1. The third-order valence-electron chi connectivity index (χ3n) is 5.66. The summed E-state index contributed by atoms with van der Waals surface area (Å²) < 4.78 is 5.25. The molecule has 0 unspecified atom stereocenters. The molecule has 8 heteroatoms. The lowest BCUT2D eigenvalue weighted by Gasteiger charge is -2.35. The standard InChI is InChI=1S/C24H28N6O2/c1-3-29-11-13-30(14-12-29)23-21(24(31)27-16-18-5-4-10-25-15-18)17-26-22(28-23)19-6-8-20(32-2)9-7-19/h4-10,15,17H,3,11-14,16H2,1-2H3,(H,27,31). The van der Waals surface area contributed by atoms with E-state index >= 15 is 0 Å². The summed E-state index contributed by atoms with van der Waals surface area (Å²) >= 11 is 0. The van der Waals surface area contributed by atoms with E-state index in [9.17, 15) is 4.79 Å². The Morgan fingerprint density at radius 1 is 1.09 bits per heavy atom. The van der Waals surface area contributed by atoms with Crippen molar-refractivity contribution in [3.63, 3.8) is 0 Å². The summed E-state index contributed by atoms with van der Waals surface area (Å²) in [5.74, 6) is 1.84. The minimum atomic E-state index is -0.192. The van der Waals surface area contributed by atoms with Gasteiger partial charge in [0.2, 0.25) is 0 Å². The van der Waals surface area contributed by atoms with Gasteiger partial charge in [0.1, 0.15) is 17.1 Å². The summed E-state index contributed by atoms with van der Waals surface area (Å²) in [5.41, 5.74) is 2.30. The van der Waals surface area contributed by atoms with Gasteiger partial charge in [-0.25, -0.2) is 9.97 Å². The number of carbonyl (C=O) groups excluding carboxylic acids is 1. The van der Waals surface area contributed by atoms with Gasteiger partial charge in [0.25, 0.3) is 5.91 Å². The molecule has 1 aliphatic heterocycles. The van der Waals surface area contributed by atoms with E-state index in [2.05, 4.69) is 32.0 Å². The summed E-state index contributed by atoms with van der Waals surface area (Å²) in [6, 6.07) is 11.4. The van der Waals surface area contributed by atoms with E-state index in [1.165, 1.54) is 0 Å². The number of pyridine rings is 1. The molecular formula is C24H28N6O2. The number of rotatable bonds is 7.